The van der Waals surface area contributed by atoms with Crippen LogP contribution in [0.1, 0.15) is 56.7 Å². The van der Waals surface area contributed by atoms with Crippen LogP contribution in [0, 0.1) is 5.92 Å². The molecular weight excluding hydrogens is 357 g/mol. The van der Waals surface area contributed by atoms with E-state index in [2.05, 4.69) is 22.6 Å². The summed E-state index contributed by atoms with van der Waals surface area (Å²) in [5.74, 6) is 0.636. The third kappa shape index (κ3) is 3.58. The third-order valence-electron chi connectivity index (χ3n) is 5.94. The molecule has 1 saturated heterocycles. The summed E-state index contributed by atoms with van der Waals surface area (Å²) in [5.41, 5.74) is 0.652. The van der Waals surface area contributed by atoms with E-state index in [4.69, 9.17) is 0 Å². The minimum Gasteiger partial charge on any atom is -0.368 e. The first-order chi connectivity index (χ1) is 12.8. The molecule has 2 unspecified atom stereocenters. The molecule has 0 aromatic carbocycles. The maximum atomic E-state index is 13.4. The molecule has 1 aromatic heterocycles. The van der Waals surface area contributed by atoms with Gasteiger partial charge in [0.25, 0.3) is 0 Å². The Labute approximate surface area is 156 Å². The first-order valence-corrected chi connectivity index (χ1v) is 9.69. The van der Waals surface area contributed by atoms with Crippen LogP contribution in [-0.4, -0.2) is 45.9 Å². The van der Waals surface area contributed by atoms with Crippen LogP contribution in [0.3, 0.4) is 0 Å². The van der Waals surface area contributed by atoms with Crippen molar-refractivity contribution in [1.29, 1.82) is 0 Å². The Bertz CT molecular complexity index is 742. The van der Waals surface area contributed by atoms with Crippen LogP contribution in [0.25, 0.3) is 0 Å². The molecule has 1 aromatic rings. The van der Waals surface area contributed by atoms with Gasteiger partial charge < -0.3 is 10.2 Å². The molecule has 0 saturated carbocycles. The third-order valence-corrected chi connectivity index (χ3v) is 5.94. The number of anilines is 1. The summed E-state index contributed by atoms with van der Waals surface area (Å²) in [7, 11) is 0. The Morgan fingerprint density at radius 1 is 1.30 bits per heavy atom. The Kier molecular flexibility index (Phi) is 4.68. The van der Waals surface area contributed by atoms with Crippen LogP contribution in [-0.2, 0) is 4.79 Å². The van der Waals surface area contributed by atoms with E-state index in [-0.39, 0.29) is 30.2 Å². The van der Waals surface area contributed by atoms with E-state index in [1.54, 1.807) is 13.0 Å². The molecule has 4 atom stereocenters. The number of hydrogen-bond donors (Lipinski definition) is 1. The zero-order valence-corrected chi connectivity index (χ0v) is 15.4. The Balaban J connectivity index is 1.49. The second kappa shape index (κ2) is 6.87. The van der Waals surface area contributed by atoms with Crippen LogP contribution >= 0.6 is 0 Å². The Morgan fingerprint density at radius 2 is 2.11 bits per heavy atom. The minimum absolute atomic E-state index is 0.00262. The standard InChI is InChI=1S/C19H25F3N4O/c1-12-9-16(19(20,21)22)26-17(23-12)10-15(24-26)14-7-8-25(11-14)18(27)13-5-3-2-4-6-13/h2-3,10,12-14,16,23H,4-9,11H2,1H3/t12-,13?,14?,16-/m1/s1. The van der Waals surface area contributed by atoms with Crippen LogP contribution < -0.4 is 5.32 Å². The van der Waals surface area contributed by atoms with Crippen molar-refractivity contribution in [2.75, 3.05) is 18.4 Å². The van der Waals surface area contributed by atoms with E-state index in [1.165, 1.54) is 0 Å². The van der Waals surface area contributed by atoms with Crippen LogP contribution in [0.5, 0.6) is 0 Å². The molecule has 0 bridgehead atoms. The molecule has 3 heterocycles. The number of allylic oxidation sites excluding steroid dienone is 2. The van der Waals surface area contributed by atoms with E-state index in [0.717, 1.165) is 30.4 Å². The number of halogens is 3. The molecule has 27 heavy (non-hydrogen) atoms. The zero-order valence-electron chi connectivity index (χ0n) is 15.4. The minimum atomic E-state index is -4.32. The van der Waals surface area contributed by atoms with Gasteiger partial charge in [0.05, 0.1) is 5.69 Å². The second-order valence-corrected chi connectivity index (χ2v) is 7.99. The van der Waals surface area contributed by atoms with Crippen molar-refractivity contribution in [2.24, 2.45) is 5.92 Å². The van der Waals surface area contributed by atoms with Gasteiger partial charge in [-0.1, -0.05) is 12.2 Å². The number of fused-ring (bicyclic) bond motifs is 1. The number of aromatic nitrogens is 2. The van der Waals surface area contributed by atoms with Gasteiger partial charge in [-0.3, -0.25) is 4.79 Å². The first-order valence-electron chi connectivity index (χ1n) is 9.69. The molecule has 1 N–H and O–H groups in total. The summed E-state index contributed by atoms with van der Waals surface area (Å²) >= 11 is 0. The summed E-state index contributed by atoms with van der Waals surface area (Å²) in [6.07, 6.45) is 3.17. The van der Waals surface area contributed by atoms with Crippen molar-refractivity contribution < 1.29 is 18.0 Å². The maximum Gasteiger partial charge on any atom is 0.410 e. The summed E-state index contributed by atoms with van der Waals surface area (Å²) < 4.78 is 41.3. The number of likely N-dealkylation sites (tertiary alicyclic amines) is 1. The summed E-state index contributed by atoms with van der Waals surface area (Å²) in [6.45, 7) is 2.95. The lowest BCUT2D eigenvalue weighted by Gasteiger charge is -2.31. The van der Waals surface area contributed by atoms with Gasteiger partial charge in [-0.2, -0.15) is 18.3 Å². The molecule has 4 rings (SSSR count). The van der Waals surface area contributed by atoms with E-state index >= 15 is 0 Å². The van der Waals surface area contributed by atoms with Gasteiger partial charge in [-0.05, 0) is 39.0 Å². The van der Waals surface area contributed by atoms with Crippen molar-refractivity contribution in [3.63, 3.8) is 0 Å². The van der Waals surface area contributed by atoms with E-state index in [9.17, 15) is 18.0 Å². The van der Waals surface area contributed by atoms with Gasteiger partial charge in [0, 0.05) is 37.0 Å². The molecule has 8 heteroatoms. The average molecular weight is 382 g/mol. The highest BCUT2D eigenvalue weighted by Crippen LogP contribution is 2.41. The molecule has 1 fully saturated rings. The van der Waals surface area contributed by atoms with Gasteiger partial charge in [-0.25, -0.2) is 4.68 Å². The molecule has 0 radical (unpaired) electrons. The van der Waals surface area contributed by atoms with Crippen molar-refractivity contribution in [3.8, 4) is 0 Å². The SMILES string of the molecule is C[C@@H]1C[C@H](C(F)(F)F)n2nc(C3CCN(C(=O)C4CC=CCC4)C3)cc2N1. The van der Waals surface area contributed by atoms with Crippen LogP contribution in [0.4, 0.5) is 19.0 Å². The predicted molar refractivity (Wildman–Crippen MR) is 95.4 cm³/mol. The normalized spacial score (nSPS) is 30.9. The summed E-state index contributed by atoms with van der Waals surface area (Å²) in [4.78, 5) is 14.6. The summed E-state index contributed by atoms with van der Waals surface area (Å²) in [6, 6.07) is -0.114. The van der Waals surface area contributed by atoms with E-state index < -0.39 is 12.2 Å². The number of alkyl halides is 3. The lowest BCUT2D eigenvalue weighted by Crippen LogP contribution is -2.37. The largest absolute Gasteiger partial charge is 0.410 e. The number of hydrogen-bond acceptors (Lipinski definition) is 3. The zero-order chi connectivity index (χ0) is 19.2. The van der Waals surface area contributed by atoms with Gasteiger partial charge in [0.1, 0.15) is 5.82 Å². The van der Waals surface area contributed by atoms with Gasteiger partial charge in [0.15, 0.2) is 6.04 Å². The number of carbonyl (C=O) groups is 1. The fourth-order valence-corrected chi connectivity index (χ4v) is 4.45. The van der Waals surface area contributed by atoms with E-state index in [1.807, 2.05) is 4.90 Å². The first kappa shape index (κ1) is 18.4. The molecule has 148 valence electrons. The average Bonchev–Trinajstić information content (AvgIpc) is 3.27. The monoisotopic (exact) mass is 382 g/mol. The smallest absolute Gasteiger partial charge is 0.368 e. The maximum absolute atomic E-state index is 13.4. The molecule has 2 aliphatic heterocycles. The molecule has 3 aliphatic rings. The number of amides is 1. The van der Waals surface area contributed by atoms with Gasteiger partial charge >= 0.3 is 6.18 Å². The lowest BCUT2D eigenvalue weighted by molar-refractivity contribution is -0.173. The number of carbonyl (C=O) groups excluding carboxylic acids is 1. The van der Waals surface area contributed by atoms with E-state index in [0.29, 0.717) is 24.6 Å². The molecule has 1 amide bonds. The van der Waals surface area contributed by atoms with Crippen LogP contribution in [0.15, 0.2) is 18.2 Å². The lowest BCUT2D eigenvalue weighted by atomic mass is 9.93. The molecule has 5 nitrogen and oxygen atoms in total. The number of nitrogens with one attached hydrogen (secondary N) is 1. The fraction of sp³-hybridized carbons (Fsp3) is 0.684. The van der Waals surface area contributed by atoms with Gasteiger partial charge in [0.2, 0.25) is 5.91 Å². The number of rotatable bonds is 2. The highest BCUT2D eigenvalue weighted by atomic mass is 19.4. The fourth-order valence-electron chi connectivity index (χ4n) is 4.45. The molecule has 1 aliphatic carbocycles. The highest BCUT2D eigenvalue weighted by Gasteiger charge is 2.46. The van der Waals surface area contributed by atoms with Crippen molar-refractivity contribution in [1.82, 2.24) is 14.7 Å². The van der Waals surface area contributed by atoms with Crippen molar-refractivity contribution >= 4 is 11.7 Å². The summed E-state index contributed by atoms with van der Waals surface area (Å²) in [5, 5.41) is 7.41. The topological polar surface area (TPSA) is 50.2 Å². The Morgan fingerprint density at radius 3 is 2.81 bits per heavy atom. The van der Waals surface area contributed by atoms with Crippen molar-refractivity contribution in [3.05, 3.63) is 23.9 Å². The second-order valence-electron chi connectivity index (χ2n) is 7.99. The molecular formula is C19H25F3N4O. The quantitative estimate of drug-likeness (QED) is 0.790. The Hall–Kier alpha value is -1.99. The highest BCUT2D eigenvalue weighted by molar-refractivity contribution is 5.79. The molecule has 0 spiro atoms. The number of nitrogens with zero attached hydrogens (tertiary/aromatic N) is 3. The van der Waals surface area contributed by atoms with Crippen molar-refractivity contribution in [2.45, 2.75) is 63.2 Å². The van der Waals surface area contributed by atoms with Gasteiger partial charge in [-0.15, -0.1) is 0 Å². The van der Waals surface area contributed by atoms with Crippen LogP contribution in [0.2, 0.25) is 0 Å². The predicted octanol–water partition coefficient (Wildman–Crippen LogP) is 3.86.